The minimum Gasteiger partial charge on any atom is -0.494 e. The number of aliphatic imine (C=N–C) groups is 1. The minimum absolute atomic E-state index is 0.211. The molecular weight excluding hydrogens is 395 g/mol. The van der Waals surface area contributed by atoms with Crippen LogP contribution in [0.25, 0.3) is 16.5 Å². The Kier molecular flexibility index (Phi) is 4.90. The van der Waals surface area contributed by atoms with Crippen LogP contribution in [0.1, 0.15) is 5.56 Å². The molecule has 0 fully saturated rings. The average molecular weight is 409 g/mol. The normalized spacial score (nSPS) is 11.4. The lowest BCUT2D eigenvalue weighted by Gasteiger charge is -2.14. The molecule has 0 spiro atoms. The Labute approximate surface area is 170 Å². The molecule has 1 N–H and O–H groups in total. The van der Waals surface area contributed by atoms with Crippen molar-refractivity contribution in [2.45, 2.75) is 0 Å². The van der Waals surface area contributed by atoms with Gasteiger partial charge in [-0.15, -0.1) is 0 Å². The van der Waals surface area contributed by atoms with Crippen molar-refractivity contribution in [1.29, 1.82) is 0 Å². The smallest absolute Gasteiger partial charge is 0.265 e. The predicted octanol–water partition coefficient (Wildman–Crippen LogP) is 5.75. The van der Waals surface area contributed by atoms with E-state index < -0.39 is 0 Å². The molecule has 0 saturated heterocycles. The molecule has 0 bridgehead atoms. The van der Waals surface area contributed by atoms with Crippen LogP contribution in [0.3, 0.4) is 0 Å². The summed E-state index contributed by atoms with van der Waals surface area (Å²) >= 11 is 12.1. The standard InChI is InChI=1S/C22H14Cl2N2O2/c23-14-5-3-7-16(11-14)25-13-20-18-9-1-2-10-19(18)21(27)26(22(20)28)17-8-4-6-15(24)12-17/h1-13,28H. The van der Waals surface area contributed by atoms with Crippen LogP contribution in [0.15, 0.2) is 82.6 Å². The van der Waals surface area contributed by atoms with Crippen molar-refractivity contribution in [3.63, 3.8) is 0 Å². The van der Waals surface area contributed by atoms with Crippen LogP contribution >= 0.6 is 23.2 Å². The third kappa shape index (κ3) is 3.40. The van der Waals surface area contributed by atoms with E-state index in [1.54, 1.807) is 66.7 Å². The van der Waals surface area contributed by atoms with Gasteiger partial charge in [-0.25, -0.2) is 4.57 Å². The van der Waals surface area contributed by atoms with Crippen LogP contribution < -0.4 is 5.56 Å². The highest BCUT2D eigenvalue weighted by atomic mass is 35.5. The number of halogens is 2. The lowest BCUT2D eigenvalue weighted by molar-refractivity contribution is 0.436. The highest BCUT2D eigenvalue weighted by molar-refractivity contribution is 6.31. The third-order valence-electron chi connectivity index (χ3n) is 4.32. The molecule has 138 valence electrons. The topological polar surface area (TPSA) is 54.6 Å². The van der Waals surface area contributed by atoms with Gasteiger partial charge in [-0.1, -0.05) is 53.5 Å². The fourth-order valence-electron chi connectivity index (χ4n) is 3.04. The maximum atomic E-state index is 13.0. The van der Waals surface area contributed by atoms with Gasteiger partial charge in [0.2, 0.25) is 5.88 Å². The number of nitrogens with zero attached hydrogens (tertiary/aromatic N) is 2. The van der Waals surface area contributed by atoms with Crippen LogP contribution in [0.4, 0.5) is 5.69 Å². The summed E-state index contributed by atoms with van der Waals surface area (Å²) in [5.74, 6) is -0.211. The molecule has 1 aromatic heterocycles. The molecule has 0 aliphatic rings. The van der Waals surface area contributed by atoms with Crippen LogP contribution in [-0.4, -0.2) is 15.9 Å². The number of benzene rings is 3. The van der Waals surface area contributed by atoms with E-state index in [0.29, 0.717) is 37.8 Å². The molecule has 28 heavy (non-hydrogen) atoms. The molecule has 4 nitrogen and oxygen atoms in total. The van der Waals surface area contributed by atoms with Gasteiger partial charge in [0.05, 0.1) is 16.9 Å². The summed E-state index contributed by atoms with van der Waals surface area (Å²) in [5.41, 5.74) is 1.19. The van der Waals surface area contributed by atoms with Crippen molar-refractivity contribution >= 4 is 45.9 Å². The zero-order valence-corrected chi connectivity index (χ0v) is 16.0. The van der Waals surface area contributed by atoms with Crippen LogP contribution in [0.5, 0.6) is 5.88 Å². The highest BCUT2D eigenvalue weighted by Gasteiger charge is 2.16. The van der Waals surface area contributed by atoms with E-state index in [-0.39, 0.29) is 11.4 Å². The number of hydrogen-bond acceptors (Lipinski definition) is 3. The first kappa shape index (κ1) is 18.3. The Morgan fingerprint density at radius 3 is 2.25 bits per heavy atom. The largest absolute Gasteiger partial charge is 0.494 e. The van der Waals surface area contributed by atoms with Gasteiger partial charge in [-0.05, 0) is 42.5 Å². The SMILES string of the molecule is O=c1c2ccccc2c(C=Nc2cccc(Cl)c2)c(O)n1-c1cccc(Cl)c1. The van der Waals surface area contributed by atoms with Crippen LogP contribution in [0.2, 0.25) is 10.0 Å². The summed E-state index contributed by atoms with van der Waals surface area (Å²) in [5, 5.41) is 13.0. The van der Waals surface area contributed by atoms with Crippen molar-refractivity contribution in [2.24, 2.45) is 4.99 Å². The molecule has 0 aliphatic heterocycles. The van der Waals surface area contributed by atoms with Gasteiger partial charge in [-0.2, -0.15) is 0 Å². The summed E-state index contributed by atoms with van der Waals surface area (Å²) in [6, 6.07) is 20.9. The fraction of sp³-hybridized carbons (Fsp3) is 0. The van der Waals surface area contributed by atoms with E-state index in [2.05, 4.69) is 4.99 Å². The second kappa shape index (κ2) is 7.50. The number of rotatable bonds is 3. The molecule has 4 rings (SSSR count). The predicted molar refractivity (Wildman–Crippen MR) is 115 cm³/mol. The fourth-order valence-corrected chi connectivity index (χ4v) is 3.41. The van der Waals surface area contributed by atoms with E-state index in [1.165, 1.54) is 10.8 Å². The Hall–Kier alpha value is -3.08. The molecule has 0 saturated carbocycles. The van der Waals surface area contributed by atoms with E-state index in [4.69, 9.17) is 23.2 Å². The molecule has 6 heteroatoms. The minimum atomic E-state index is -0.338. The number of aromatic hydroxyl groups is 1. The number of aromatic nitrogens is 1. The van der Waals surface area contributed by atoms with Gasteiger partial charge in [0.1, 0.15) is 0 Å². The summed E-state index contributed by atoms with van der Waals surface area (Å²) < 4.78 is 1.23. The quantitative estimate of drug-likeness (QED) is 0.438. The first-order valence-electron chi connectivity index (χ1n) is 8.47. The van der Waals surface area contributed by atoms with Gasteiger partial charge < -0.3 is 5.11 Å². The maximum absolute atomic E-state index is 13.0. The van der Waals surface area contributed by atoms with Crippen LogP contribution in [-0.2, 0) is 0 Å². The van der Waals surface area contributed by atoms with Crippen molar-refractivity contribution in [3.8, 4) is 11.6 Å². The van der Waals surface area contributed by atoms with Crippen LogP contribution in [0, 0.1) is 0 Å². The summed E-state index contributed by atoms with van der Waals surface area (Å²) in [7, 11) is 0. The van der Waals surface area contributed by atoms with E-state index in [0.717, 1.165) is 0 Å². The van der Waals surface area contributed by atoms with E-state index in [9.17, 15) is 9.90 Å². The zero-order valence-electron chi connectivity index (χ0n) is 14.5. The van der Waals surface area contributed by atoms with Gasteiger partial charge in [0, 0.05) is 27.0 Å². The molecule has 0 atom stereocenters. The molecule has 0 unspecified atom stereocenters. The monoisotopic (exact) mass is 408 g/mol. The Bertz CT molecular complexity index is 1280. The third-order valence-corrected chi connectivity index (χ3v) is 4.79. The van der Waals surface area contributed by atoms with Gasteiger partial charge in [-0.3, -0.25) is 9.79 Å². The lowest BCUT2D eigenvalue weighted by Crippen LogP contribution is -2.20. The number of pyridine rings is 1. The second-order valence-electron chi connectivity index (χ2n) is 6.14. The molecule has 1 heterocycles. The maximum Gasteiger partial charge on any atom is 0.265 e. The molecule has 0 radical (unpaired) electrons. The van der Waals surface area contributed by atoms with Gasteiger partial charge >= 0.3 is 0 Å². The van der Waals surface area contributed by atoms with Crippen molar-refractivity contribution < 1.29 is 5.11 Å². The lowest BCUT2D eigenvalue weighted by atomic mass is 10.1. The molecule has 0 amide bonds. The van der Waals surface area contributed by atoms with Crippen molar-refractivity contribution in [2.75, 3.05) is 0 Å². The Balaban J connectivity index is 1.99. The summed E-state index contributed by atoms with van der Waals surface area (Å²) in [6.07, 6.45) is 1.53. The van der Waals surface area contributed by atoms with Gasteiger partial charge in [0.25, 0.3) is 5.56 Å². The Morgan fingerprint density at radius 1 is 0.857 bits per heavy atom. The average Bonchev–Trinajstić information content (AvgIpc) is 2.68. The first-order chi connectivity index (χ1) is 13.5. The van der Waals surface area contributed by atoms with Gasteiger partial charge in [0.15, 0.2) is 0 Å². The molecule has 3 aromatic carbocycles. The Morgan fingerprint density at radius 2 is 1.54 bits per heavy atom. The second-order valence-corrected chi connectivity index (χ2v) is 7.01. The number of hydrogen-bond donors (Lipinski definition) is 1. The first-order valence-corrected chi connectivity index (χ1v) is 9.22. The molecular formula is C22H14Cl2N2O2. The zero-order chi connectivity index (χ0) is 19.7. The van der Waals surface area contributed by atoms with Crippen molar-refractivity contribution in [3.05, 3.63) is 98.8 Å². The highest BCUT2D eigenvalue weighted by Crippen LogP contribution is 2.27. The number of fused-ring (bicyclic) bond motifs is 1. The van der Waals surface area contributed by atoms with E-state index in [1.807, 2.05) is 6.07 Å². The van der Waals surface area contributed by atoms with Crippen molar-refractivity contribution in [1.82, 2.24) is 4.57 Å². The summed E-state index contributed by atoms with van der Waals surface area (Å²) in [4.78, 5) is 17.4. The summed E-state index contributed by atoms with van der Waals surface area (Å²) in [6.45, 7) is 0. The molecule has 0 aliphatic carbocycles. The van der Waals surface area contributed by atoms with E-state index >= 15 is 0 Å². The molecule has 4 aromatic rings.